The molecule has 6 fully saturated rings. The first-order valence-electron chi connectivity index (χ1n) is 28.8. The molecule has 416 valence electrons. The van der Waals surface area contributed by atoms with Crippen LogP contribution in [0.5, 0.6) is 11.8 Å². The molecular formula is C58H73F2N11O7. The van der Waals surface area contributed by atoms with Crippen LogP contribution in [0.3, 0.4) is 0 Å². The van der Waals surface area contributed by atoms with Crippen LogP contribution in [-0.2, 0) is 39.0 Å². The Balaban J connectivity index is 0.000000158. The number of phenols is 1. The van der Waals surface area contributed by atoms with Gasteiger partial charge in [-0.05, 0) is 157 Å². The molecule has 0 radical (unpaired) electrons. The Labute approximate surface area is 453 Å². The number of imide groups is 1. The number of carbonyl (C=O) groups is 3. The molecule has 13 rings (SSSR count). The molecule has 78 heavy (non-hydrogen) atoms. The first-order valence-corrected chi connectivity index (χ1v) is 28.8. The Bertz CT molecular complexity index is 3110. The van der Waals surface area contributed by atoms with Crippen LogP contribution in [0.2, 0.25) is 0 Å². The number of ether oxygens (including phenoxy) is 3. The minimum absolute atomic E-state index is 0.0370. The van der Waals surface area contributed by atoms with Crippen molar-refractivity contribution in [2.24, 2.45) is 18.9 Å². The topological polar surface area (TPSA) is 194 Å². The zero-order valence-corrected chi connectivity index (χ0v) is 45.3. The fourth-order valence-electron chi connectivity index (χ4n) is 14.6. The van der Waals surface area contributed by atoms with Crippen molar-refractivity contribution in [1.82, 2.24) is 44.8 Å². The molecule has 3 atom stereocenters. The van der Waals surface area contributed by atoms with Gasteiger partial charge in [0, 0.05) is 69.9 Å². The van der Waals surface area contributed by atoms with Crippen molar-refractivity contribution in [3.63, 3.8) is 0 Å². The lowest BCUT2D eigenvalue weighted by Gasteiger charge is -2.36. The summed E-state index contributed by atoms with van der Waals surface area (Å²) in [4.78, 5) is 63.5. The molecule has 0 spiro atoms. The van der Waals surface area contributed by atoms with Gasteiger partial charge in [-0.15, -0.1) is 0 Å². The molecule has 11 heterocycles. The predicted octanol–water partition coefficient (Wildman–Crippen LogP) is 8.24. The summed E-state index contributed by atoms with van der Waals surface area (Å²) in [5.41, 5.74) is 5.07. The van der Waals surface area contributed by atoms with Gasteiger partial charge in [0.05, 0.1) is 48.0 Å². The summed E-state index contributed by atoms with van der Waals surface area (Å²) in [7, 11) is 3.09. The third-order valence-corrected chi connectivity index (χ3v) is 18.6. The van der Waals surface area contributed by atoms with Crippen LogP contribution in [0.15, 0.2) is 18.3 Å². The molecule has 1 aliphatic carbocycles. The lowest BCUT2D eigenvalue weighted by atomic mass is 9.80. The van der Waals surface area contributed by atoms with Gasteiger partial charge in [-0.1, -0.05) is 6.92 Å². The molecule has 4 aromatic heterocycles. The lowest BCUT2D eigenvalue weighted by Crippen LogP contribution is -2.43. The van der Waals surface area contributed by atoms with Gasteiger partial charge in [-0.2, -0.15) is 15.1 Å². The van der Waals surface area contributed by atoms with Crippen molar-refractivity contribution >= 4 is 51.3 Å². The average molecular weight is 1070 g/mol. The highest BCUT2D eigenvalue weighted by molar-refractivity contribution is 6.02. The number of rotatable bonds is 8. The molecule has 3 amide bonds. The van der Waals surface area contributed by atoms with Gasteiger partial charge in [0.1, 0.15) is 34.9 Å². The number of aromatic nitrogens is 6. The second-order valence-electron chi connectivity index (χ2n) is 23.4. The van der Waals surface area contributed by atoms with E-state index in [1.165, 1.54) is 24.6 Å². The monoisotopic (exact) mass is 1070 g/mol. The fraction of sp³-hybridized carbons (Fsp3) is 0.621. The van der Waals surface area contributed by atoms with Crippen LogP contribution < -0.4 is 19.9 Å². The maximum absolute atomic E-state index is 16.9. The van der Waals surface area contributed by atoms with Crippen LogP contribution >= 0.6 is 0 Å². The summed E-state index contributed by atoms with van der Waals surface area (Å²) in [6.45, 7) is 10.0. The van der Waals surface area contributed by atoms with E-state index in [1.54, 1.807) is 24.2 Å². The van der Waals surface area contributed by atoms with E-state index in [4.69, 9.17) is 29.2 Å². The number of halogens is 2. The second kappa shape index (κ2) is 21.7. The summed E-state index contributed by atoms with van der Waals surface area (Å²) >= 11 is 0. The molecule has 5 aromatic rings. The van der Waals surface area contributed by atoms with E-state index in [2.05, 4.69) is 32.1 Å². The van der Waals surface area contributed by atoms with E-state index in [0.29, 0.717) is 77.9 Å². The van der Waals surface area contributed by atoms with E-state index < -0.39 is 23.5 Å². The number of methoxy groups -OCH3 is 1. The van der Waals surface area contributed by atoms with Gasteiger partial charge in [0.2, 0.25) is 11.8 Å². The van der Waals surface area contributed by atoms with E-state index in [-0.39, 0.29) is 58.9 Å². The van der Waals surface area contributed by atoms with Crippen molar-refractivity contribution in [2.75, 3.05) is 82.5 Å². The third-order valence-electron chi connectivity index (χ3n) is 18.6. The quantitative estimate of drug-likeness (QED) is 0.141. The van der Waals surface area contributed by atoms with E-state index in [0.717, 1.165) is 146 Å². The molecular weight excluding hydrogens is 1000 g/mol. The Morgan fingerprint density at radius 2 is 1.64 bits per heavy atom. The molecule has 1 aromatic carbocycles. The van der Waals surface area contributed by atoms with Crippen LogP contribution in [0.1, 0.15) is 138 Å². The van der Waals surface area contributed by atoms with Crippen molar-refractivity contribution in [3.8, 4) is 23.0 Å². The SMILES string of the molecule is CC1CCCc2cc(O)cc(-c3nc4c5c(nc(OCC67CCCN6CCC7)nc5c3F)N3CCCOCC3CC4)c21.COC(=O)N1CCC(CC2CCN(c3ncc4c(C5CCC(=O)NC5=O)nn(C)c4c3F)CC2)CC1. The van der Waals surface area contributed by atoms with Gasteiger partial charge in [0.15, 0.2) is 17.5 Å². The number of benzene rings is 1. The van der Waals surface area contributed by atoms with Crippen LogP contribution in [-0.4, -0.2) is 147 Å². The molecule has 7 aliphatic heterocycles. The van der Waals surface area contributed by atoms with Gasteiger partial charge < -0.3 is 34.0 Å². The van der Waals surface area contributed by atoms with Crippen molar-refractivity contribution in [1.29, 1.82) is 0 Å². The van der Waals surface area contributed by atoms with E-state index in [1.807, 2.05) is 11.0 Å². The number of nitrogens with zero attached hydrogens (tertiary/aromatic N) is 10. The standard InChI is InChI=1S/C33H40FN5O3.C25H33FN6O4/c1-20-6-2-7-21-16-23(40)17-24(26(20)21)29-28(34)30-27-25(35-29)9-8-22-18-41-15-5-14-39(22)31(27)37-32(36-30)42-19-33-10-3-12-38(33)13-4-11-33;1-30-22-18(21(29-30)17-3-4-19(33)28-24(17)34)14-27-23(20(22)26)31-9-5-15(6-10-31)13-16-7-11-32(12-8-16)25(35)36-2/h16-17,20,22,40H,2-15,18-19H2,1H3;14-17H,3-13H2,1-2H3,(H,28,33,34). The van der Waals surface area contributed by atoms with Crippen LogP contribution in [0, 0.1) is 23.5 Å². The Morgan fingerprint density at radius 3 is 2.40 bits per heavy atom. The summed E-state index contributed by atoms with van der Waals surface area (Å²) in [5, 5.41) is 18.7. The highest BCUT2D eigenvalue weighted by Crippen LogP contribution is 2.46. The number of phenolic OH excluding ortho intramolecular Hbond substituents is 1. The van der Waals surface area contributed by atoms with Gasteiger partial charge in [-0.25, -0.2) is 23.5 Å². The number of hydrogen-bond donors (Lipinski definition) is 2. The molecule has 18 nitrogen and oxygen atoms in total. The summed E-state index contributed by atoms with van der Waals surface area (Å²) in [6, 6.07) is 3.90. The normalized spacial score (nSPS) is 23.8. The number of piperidine rings is 3. The summed E-state index contributed by atoms with van der Waals surface area (Å²) in [6.07, 6.45) is 17.0. The first kappa shape index (κ1) is 52.4. The molecule has 0 saturated carbocycles. The number of hydrogen-bond acceptors (Lipinski definition) is 15. The molecule has 2 N–H and O–H groups in total. The largest absolute Gasteiger partial charge is 0.508 e. The molecule has 8 aliphatic rings. The minimum Gasteiger partial charge on any atom is -0.508 e. The number of pyridine rings is 2. The van der Waals surface area contributed by atoms with E-state index >= 15 is 8.78 Å². The number of carbonyl (C=O) groups excluding carboxylic acids is 3. The third kappa shape index (κ3) is 9.86. The predicted molar refractivity (Wildman–Crippen MR) is 289 cm³/mol. The summed E-state index contributed by atoms with van der Waals surface area (Å²) < 4.78 is 51.3. The number of amides is 3. The zero-order valence-electron chi connectivity index (χ0n) is 45.3. The number of aryl methyl sites for hydroxylation is 3. The average Bonchev–Trinajstić information content (AvgIpc) is 4.22. The van der Waals surface area contributed by atoms with Crippen LogP contribution in [0.25, 0.3) is 33.1 Å². The number of nitrogens with one attached hydrogen (secondary N) is 1. The van der Waals surface area contributed by atoms with Crippen molar-refractivity contribution in [3.05, 3.63) is 52.5 Å². The molecule has 0 bridgehead atoms. The Kier molecular flexibility index (Phi) is 14.6. The number of fused-ring (bicyclic) bond motifs is 5. The van der Waals surface area contributed by atoms with Gasteiger partial charge in [-0.3, -0.25) is 24.5 Å². The number of anilines is 2. The second-order valence-corrected chi connectivity index (χ2v) is 23.4. The highest BCUT2D eigenvalue weighted by atomic mass is 19.1. The molecule has 6 saturated heterocycles. The molecule has 20 heteroatoms. The molecule has 3 unspecified atom stereocenters. The highest BCUT2D eigenvalue weighted by Gasteiger charge is 2.45. The van der Waals surface area contributed by atoms with Crippen LogP contribution in [0.4, 0.5) is 25.2 Å². The Hall–Kier alpha value is -6.28. The first-order chi connectivity index (χ1) is 37.9. The Morgan fingerprint density at radius 1 is 0.872 bits per heavy atom. The fourth-order valence-corrected chi connectivity index (χ4v) is 14.6. The van der Waals surface area contributed by atoms with Crippen molar-refractivity contribution in [2.45, 2.75) is 139 Å². The maximum atomic E-state index is 16.9. The maximum Gasteiger partial charge on any atom is 0.409 e. The lowest BCUT2D eigenvalue weighted by molar-refractivity contribution is -0.134. The number of likely N-dealkylation sites (tertiary alicyclic amines) is 1. The number of aromatic hydroxyl groups is 1. The van der Waals surface area contributed by atoms with E-state index in [9.17, 15) is 19.5 Å². The minimum atomic E-state index is -0.589. The van der Waals surface area contributed by atoms with Gasteiger partial charge >= 0.3 is 12.1 Å². The smallest absolute Gasteiger partial charge is 0.409 e. The zero-order chi connectivity index (χ0) is 53.8. The summed E-state index contributed by atoms with van der Waals surface area (Å²) in [5.74, 6) is 0.483. The van der Waals surface area contributed by atoms with Crippen molar-refractivity contribution < 1.29 is 42.5 Å². The van der Waals surface area contributed by atoms with Gasteiger partial charge in [0.25, 0.3) is 0 Å².